The topological polar surface area (TPSA) is 121 Å². The molecule has 190 valence electrons. The summed E-state index contributed by atoms with van der Waals surface area (Å²) in [5.41, 5.74) is -0.498. The quantitative estimate of drug-likeness (QED) is 0.361. The van der Waals surface area contributed by atoms with E-state index >= 15 is 0 Å². The zero-order chi connectivity index (χ0) is 24.5. The molecule has 1 unspecified atom stereocenters. The molecule has 0 spiro atoms. The van der Waals surface area contributed by atoms with Crippen LogP contribution < -0.4 is 0 Å². The third-order valence-corrected chi connectivity index (χ3v) is 4.14. The highest BCUT2D eigenvalue weighted by Gasteiger charge is 2.21. The monoisotopic (exact) mass is 474 g/mol. The number of rotatable bonds is 10. The van der Waals surface area contributed by atoms with Crippen LogP contribution in [0.3, 0.4) is 0 Å². The van der Waals surface area contributed by atoms with Gasteiger partial charge in [-0.2, -0.15) is 0 Å². The zero-order valence-corrected chi connectivity index (χ0v) is 21.2. The standard InChI is InChI=1S/C10H20O3.C8H16O3.C2H7O3P.CH4/c1-7(2)9(4)10(11)13-8(3)6-12-5;1-5-7(9)11-8(2,3)6-10-4;1-5-6(2,3)4;/h7-9H,6H2,1-5H3;5-6H2,1-4H3;3-4H,2H2,1H3;1H4/t8?,9-;;;/m0.../s1. The first-order chi connectivity index (χ1) is 13.6. The van der Waals surface area contributed by atoms with E-state index in [9.17, 15) is 9.59 Å². The van der Waals surface area contributed by atoms with Crippen molar-refractivity contribution in [2.24, 2.45) is 11.8 Å². The largest absolute Gasteiger partial charge is 0.460 e. The van der Waals surface area contributed by atoms with Crippen molar-refractivity contribution in [1.82, 2.24) is 0 Å². The maximum absolute atomic E-state index is 11.4. The first-order valence-corrected chi connectivity index (χ1v) is 11.5. The van der Waals surface area contributed by atoms with Crippen molar-refractivity contribution in [3.63, 3.8) is 0 Å². The second-order valence-corrected chi connectivity index (χ2v) is 9.30. The van der Waals surface area contributed by atoms with Gasteiger partial charge in [0.2, 0.25) is 7.57 Å². The highest BCUT2D eigenvalue weighted by molar-refractivity contribution is 7.57. The summed E-state index contributed by atoms with van der Waals surface area (Å²) in [5, 5.41) is 0. The van der Waals surface area contributed by atoms with Crippen LogP contribution in [0, 0.1) is 11.8 Å². The Hall–Kier alpha value is -0.960. The molecule has 0 aromatic heterocycles. The molecule has 0 saturated carbocycles. The van der Waals surface area contributed by atoms with Crippen LogP contribution in [0.25, 0.3) is 0 Å². The molecule has 0 aliphatic heterocycles. The van der Waals surface area contributed by atoms with Crippen molar-refractivity contribution in [2.75, 3.05) is 34.5 Å². The summed E-state index contributed by atoms with van der Waals surface area (Å²) < 4.78 is 24.0. The van der Waals surface area contributed by atoms with Gasteiger partial charge in [-0.3, -0.25) is 9.59 Å². The van der Waals surface area contributed by atoms with Crippen molar-refractivity contribution in [1.29, 1.82) is 0 Å². The maximum Gasteiger partial charge on any atom is 0.309 e. The van der Waals surface area contributed by atoms with Gasteiger partial charge in [-0.1, -0.05) is 35.1 Å². The molecule has 0 aromatic carbocycles. The van der Waals surface area contributed by atoms with Crippen LogP contribution in [0.2, 0.25) is 0 Å². The Labute approximate surface area is 189 Å². The van der Waals surface area contributed by atoms with E-state index in [-0.39, 0.29) is 31.4 Å². The number of hydrogen-bond donors (Lipinski definition) is 2. The van der Waals surface area contributed by atoms with Crippen LogP contribution in [0.1, 0.15) is 62.3 Å². The molecule has 10 heteroatoms. The Balaban J connectivity index is -0.000000184. The highest BCUT2D eigenvalue weighted by Crippen LogP contribution is 2.32. The van der Waals surface area contributed by atoms with E-state index in [0.29, 0.717) is 25.6 Å². The lowest BCUT2D eigenvalue weighted by atomic mass is 9.98. The minimum Gasteiger partial charge on any atom is -0.460 e. The fourth-order valence-corrected chi connectivity index (χ4v) is 1.60. The Morgan fingerprint density at radius 2 is 1.48 bits per heavy atom. The van der Waals surface area contributed by atoms with Gasteiger partial charge in [0.1, 0.15) is 11.7 Å². The van der Waals surface area contributed by atoms with Gasteiger partial charge in [0, 0.05) is 27.8 Å². The summed E-state index contributed by atoms with van der Waals surface area (Å²) >= 11 is 0. The van der Waals surface area contributed by atoms with Crippen molar-refractivity contribution in [3.05, 3.63) is 0 Å². The molecule has 0 fully saturated rings. The first kappa shape index (κ1) is 37.4. The molecule has 0 aliphatic carbocycles. The molecule has 2 atom stereocenters. The van der Waals surface area contributed by atoms with E-state index in [1.54, 1.807) is 21.1 Å². The van der Waals surface area contributed by atoms with E-state index in [4.69, 9.17) is 28.7 Å². The fraction of sp³-hybridized carbons (Fsp3) is 0.857. The van der Waals surface area contributed by atoms with Gasteiger partial charge in [-0.15, -0.1) is 0 Å². The predicted molar refractivity (Wildman–Crippen MR) is 126 cm³/mol. The second-order valence-electron chi connectivity index (χ2n) is 7.60. The molecular formula is C21H47O9P. The molecule has 2 N–H and O–H groups in total. The Morgan fingerprint density at radius 3 is 1.77 bits per heavy atom. The summed E-state index contributed by atoms with van der Waals surface area (Å²) in [7, 11) is 1.23. The van der Waals surface area contributed by atoms with Gasteiger partial charge in [0.25, 0.3) is 0 Å². The number of carbonyl (C=O) groups excluding carboxylic acids is 2. The number of carbonyl (C=O) groups is 2. The van der Waals surface area contributed by atoms with Crippen LogP contribution in [0.4, 0.5) is 0 Å². The number of methoxy groups -OCH3 is 2. The first-order valence-electron chi connectivity index (χ1n) is 9.71. The molecule has 0 aliphatic rings. The summed E-state index contributed by atoms with van der Waals surface area (Å²) in [4.78, 5) is 38.5. The van der Waals surface area contributed by atoms with E-state index in [2.05, 4.69) is 10.8 Å². The molecular weight excluding hydrogens is 427 g/mol. The lowest BCUT2D eigenvalue weighted by Crippen LogP contribution is -2.32. The Kier molecular flexibility index (Phi) is 23.7. The fourth-order valence-electron chi connectivity index (χ4n) is 1.60. The van der Waals surface area contributed by atoms with Gasteiger partial charge in [-0.25, -0.2) is 0 Å². The third kappa shape index (κ3) is 27.0. The third-order valence-electron chi connectivity index (χ3n) is 3.55. The van der Waals surface area contributed by atoms with Crippen LogP contribution in [0.5, 0.6) is 0 Å². The van der Waals surface area contributed by atoms with E-state index in [1.807, 2.05) is 41.5 Å². The van der Waals surface area contributed by atoms with Gasteiger partial charge in [-0.05, 0) is 33.0 Å². The van der Waals surface area contributed by atoms with Crippen molar-refractivity contribution in [3.8, 4) is 0 Å². The van der Waals surface area contributed by atoms with Gasteiger partial charge in [0.05, 0.1) is 19.1 Å². The summed E-state index contributed by atoms with van der Waals surface area (Å²) in [5.74, 6) is -0.0480. The molecule has 0 aromatic rings. The molecule has 0 heterocycles. The minimum absolute atomic E-state index is 0. The number of hydrogen-bond acceptors (Lipinski definition) is 9. The predicted octanol–water partition coefficient (Wildman–Crippen LogP) is 3.67. The second kappa shape index (κ2) is 19.7. The van der Waals surface area contributed by atoms with Crippen molar-refractivity contribution >= 4 is 25.8 Å². The van der Waals surface area contributed by atoms with Gasteiger partial charge < -0.3 is 33.3 Å². The highest BCUT2D eigenvalue weighted by atomic mass is 31.2. The number of ether oxygens (including phenoxy) is 4. The molecule has 31 heavy (non-hydrogen) atoms. The zero-order valence-electron chi connectivity index (χ0n) is 20.3. The van der Waals surface area contributed by atoms with E-state index in [1.165, 1.54) is 7.11 Å². The molecule has 0 radical (unpaired) electrons. The summed E-state index contributed by atoms with van der Waals surface area (Å²) in [6.45, 7) is 14.0. The average molecular weight is 475 g/mol. The Bertz CT molecular complexity index is 501. The smallest absolute Gasteiger partial charge is 0.309 e. The van der Waals surface area contributed by atoms with Gasteiger partial charge >= 0.3 is 11.9 Å². The summed E-state index contributed by atoms with van der Waals surface area (Å²) in [6.07, 6.45) is 3.14. The van der Waals surface area contributed by atoms with Crippen molar-refractivity contribution in [2.45, 2.75) is 74.0 Å². The molecule has 9 nitrogen and oxygen atoms in total. The van der Waals surface area contributed by atoms with Crippen LogP contribution in [-0.2, 0) is 33.1 Å². The van der Waals surface area contributed by atoms with Crippen LogP contribution in [0.15, 0.2) is 0 Å². The van der Waals surface area contributed by atoms with E-state index in [0.717, 1.165) is 0 Å². The van der Waals surface area contributed by atoms with Crippen molar-refractivity contribution < 1.29 is 42.8 Å². The maximum atomic E-state index is 11.4. The number of esters is 2. The van der Waals surface area contributed by atoms with Gasteiger partial charge in [0.15, 0.2) is 0 Å². The average Bonchev–Trinajstić information content (AvgIpc) is 2.60. The molecule has 0 saturated heterocycles. The Morgan fingerprint density at radius 1 is 1.03 bits per heavy atom. The van der Waals surface area contributed by atoms with Crippen LogP contribution in [-0.4, -0.2) is 74.3 Å². The molecule has 0 rings (SSSR count). The van der Waals surface area contributed by atoms with E-state index < -0.39 is 13.2 Å². The normalized spacial score (nSPS) is 12.8. The molecule has 0 bridgehead atoms. The van der Waals surface area contributed by atoms with Crippen LogP contribution >= 0.6 is 7.57 Å². The lowest BCUT2D eigenvalue weighted by molar-refractivity contribution is -0.160. The molecule has 0 amide bonds. The minimum atomic E-state index is -3.15. The lowest BCUT2D eigenvalue weighted by Gasteiger charge is -2.23. The summed E-state index contributed by atoms with van der Waals surface area (Å²) in [6, 6.07) is 0. The SMILES string of the molecule is C.C=P(O)(O)OC.CCC(=O)OC(C)(C)COC.COCC(C)OC(=O)[C@@H](C)C(C)C.